The average Bonchev–Trinajstić information content (AvgIpc) is 3.02. The van der Waals surface area contributed by atoms with Crippen LogP contribution >= 0.6 is 11.3 Å². The SMILES string of the molecule is NC(=O)N1C(=O)C(C(=O)Cc2cccs2)c2ccccc21. The van der Waals surface area contributed by atoms with Crippen LogP contribution in [-0.2, 0) is 16.0 Å². The number of ketones is 1. The van der Waals surface area contributed by atoms with Gasteiger partial charge in [-0.1, -0.05) is 24.3 Å². The number of fused-ring (bicyclic) bond motifs is 1. The van der Waals surface area contributed by atoms with Gasteiger partial charge in [-0.3, -0.25) is 9.59 Å². The predicted octanol–water partition coefficient (Wildman–Crippen LogP) is 2.07. The zero-order valence-electron chi connectivity index (χ0n) is 11.0. The van der Waals surface area contributed by atoms with Gasteiger partial charge in [0.2, 0.25) is 5.91 Å². The van der Waals surface area contributed by atoms with E-state index in [1.165, 1.54) is 11.3 Å². The molecule has 1 aliphatic rings. The summed E-state index contributed by atoms with van der Waals surface area (Å²) in [6.45, 7) is 0. The number of carbonyl (C=O) groups is 3. The van der Waals surface area contributed by atoms with Crippen LogP contribution in [-0.4, -0.2) is 17.7 Å². The van der Waals surface area contributed by atoms with E-state index in [9.17, 15) is 14.4 Å². The second-order valence-corrected chi connectivity index (χ2v) is 5.76. The molecule has 106 valence electrons. The van der Waals surface area contributed by atoms with E-state index in [-0.39, 0.29) is 12.2 Å². The molecule has 2 aromatic rings. The molecule has 1 aromatic carbocycles. The minimum Gasteiger partial charge on any atom is -0.351 e. The van der Waals surface area contributed by atoms with Crippen LogP contribution in [0.5, 0.6) is 0 Å². The topological polar surface area (TPSA) is 80.5 Å². The normalized spacial score (nSPS) is 16.9. The van der Waals surface area contributed by atoms with E-state index in [2.05, 4.69) is 0 Å². The Labute approximate surface area is 125 Å². The monoisotopic (exact) mass is 300 g/mol. The number of urea groups is 1. The largest absolute Gasteiger partial charge is 0.351 e. The van der Waals surface area contributed by atoms with Crippen LogP contribution in [0.15, 0.2) is 41.8 Å². The lowest BCUT2D eigenvalue weighted by molar-refractivity contribution is -0.127. The van der Waals surface area contributed by atoms with Crippen LogP contribution in [0.4, 0.5) is 10.5 Å². The number of rotatable bonds is 3. The third-order valence-electron chi connectivity index (χ3n) is 3.43. The van der Waals surface area contributed by atoms with E-state index >= 15 is 0 Å². The van der Waals surface area contributed by atoms with Crippen molar-refractivity contribution in [2.45, 2.75) is 12.3 Å². The van der Waals surface area contributed by atoms with Crippen LogP contribution in [0.1, 0.15) is 16.4 Å². The van der Waals surface area contributed by atoms with Gasteiger partial charge >= 0.3 is 6.03 Å². The number of amides is 3. The Morgan fingerprint density at radius 1 is 1.19 bits per heavy atom. The van der Waals surface area contributed by atoms with Crippen LogP contribution in [0, 0.1) is 0 Å². The predicted molar refractivity (Wildman–Crippen MR) is 79.3 cm³/mol. The molecule has 0 bridgehead atoms. The lowest BCUT2D eigenvalue weighted by Gasteiger charge is -2.12. The average molecular weight is 300 g/mol. The van der Waals surface area contributed by atoms with Crippen molar-refractivity contribution in [3.8, 4) is 0 Å². The summed E-state index contributed by atoms with van der Waals surface area (Å²) in [6.07, 6.45) is 0.176. The number of thiophene rings is 1. The van der Waals surface area contributed by atoms with Crippen LogP contribution in [0.2, 0.25) is 0 Å². The fraction of sp³-hybridized carbons (Fsp3) is 0.133. The Morgan fingerprint density at radius 2 is 1.95 bits per heavy atom. The molecule has 0 saturated heterocycles. The van der Waals surface area contributed by atoms with E-state index in [0.717, 1.165) is 9.78 Å². The summed E-state index contributed by atoms with van der Waals surface area (Å²) in [5, 5.41) is 1.88. The third kappa shape index (κ3) is 2.23. The van der Waals surface area contributed by atoms with Gasteiger partial charge in [0.1, 0.15) is 5.92 Å². The highest BCUT2D eigenvalue weighted by Crippen LogP contribution is 2.38. The molecule has 2 heterocycles. The molecular weight excluding hydrogens is 288 g/mol. The number of primary amides is 1. The van der Waals surface area contributed by atoms with Crippen molar-refractivity contribution in [2.75, 3.05) is 4.90 Å². The molecule has 6 heteroatoms. The highest BCUT2D eigenvalue weighted by atomic mass is 32.1. The number of hydrogen-bond acceptors (Lipinski definition) is 4. The molecule has 1 aliphatic heterocycles. The van der Waals surface area contributed by atoms with Crippen molar-refractivity contribution in [1.29, 1.82) is 0 Å². The van der Waals surface area contributed by atoms with E-state index < -0.39 is 17.9 Å². The molecule has 2 N–H and O–H groups in total. The molecule has 5 nitrogen and oxygen atoms in total. The van der Waals surface area contributed by atoms with Gasteiger partial charge in [-0.2, -0.15) is 0 Å². The summed E-state index contributed by atoms with van der Waals surface area (Å²) in [4.78, 5) is 38.1. The van der Waals surface area contributed by atoms with Crippen molar-refractivity contribution in [1.82, 2.24) is 0 Å². The molecule has 0 radical (unpaired) electrons. The van der Waals surface area contributed by atoms with Gasteiger partial charge in [0.25, 0.3) is 0 Å². The number of hydrogen-bond donors (Lipinski definition) is 1. The van der Waals surface area contributed by atoms with Crippen molar-refractivity contribution >= 4 is 34.7 Å². The number of carbonyl (C=O) groups excluding carboxylic acids is 3. The smallest absolute Gasteiger partial charge is 0.326 e. The van der Waals surface area contributed by atoms with E-state index in [1.807, 2.05) is 17.5 Å². The van der Waals surface area contributed by atoms with Crippen molar-refractivity contribution in [2.24, 2.45) is 5.73 Å². The molecule has 0 saturated carbocycles. The molecule has 3 rings (SSSR count). The number of anilines is 1. The van der Waals surface area contributed by atoms with Crippen molar-refractivity contribution in [3.05, 3.63) is 52.2 Å². The van der Waals surface area contributed by atoms with E-state index in [4.69, 9.17) is 5.73 Å². The second-order valence-electron chi connectivity index (χ2n) is 4.73. The standard InChI is InChI=1S/C15H12N2O3S/c16-15(20)17-11-6-2-1-5-10(11)13(14(17)19)12(18)8-9-4-3-7-21-9/h1-7,13H,8H2,(H2,16,20). The number of imide groups is 1. The van der Waals surface area contributed by atoms with Crippen LogP contribution in [0.25, 0.3) is 0 Å². The molecule has 0 spiro atoms. The Balaban J connectivity index is 1.97. The molecule has 3 amide bonds. The lowest BCUT2D eigenvalue weighted by Crippen LogP contribution is -2.40. The molecule has 1 atom stereocenters. The number of para-hydroxylation sites is 1. The van der Waals surface area contributed by atoms with Crippen molar-refractivity contribution < 1.29 is 14.4 Å². The minimum atomic E-state index is -0.948. The summed E-state index contributed by atoms with van der Waals surface area (Å²) in [6, 6.07) is 9.59. The first-order valence-electron chi connectivity index (χ1n) is 6.37. The summed E-state index contributed by atoms with van der Waals surface area (Å²) < 4.78 is 0. The highest BCUT2D eigenvalue weighted by molar-refractivity contribution is 7.10. The molecule has 21 heavy (non-hydrogen) atoms. The Hall–Kier alpha value is -2.47. The van der Waals surface area contributed by atoms with Gasteiger partial charge in [0.15, 0.2) is 5.78 Å². The van der Waals surface area contributed by atoms with E-state index in [1.54, 1.807) is 24.3 Å². The quantitative estimate of drug-likeness (QED) is 0.881. The number of Topliss-reactive ketones (excluding diaryl/α,β-unsaturated/α-hetero) is 1. The zero-order chi connectivity index (χ0) is 15.0. The summed E-state index contributed by atoms with van der Waals surface area (Å²) in [5.74, 6) is -1.74. The molecule has 1 unspecified atom stereocenters. The molecule has 1 aromatic heterocycles. The van der Waals surface area contributed by atoms with E-state index in [0.29, 0.717) is 11.3 Å². The highest BCUT2D eigenvalue weighted by Gasteiger charge is 2.43. The van der Waals surface area contributed by atoms with Gasteiger partial charge in [-0.05, 0) is 23.1 Å². The Kier molecular flexibility index (Phi) is 3.31. The third-order valence-corrected chi connectivity index (χ3v) is 4.30. The number of nitrogens with zero attached hydrogens (tertiary/aromatic N) is 1. The minimum absolute atomic E-state index is 0.176. The van der Waals surface area contributed by atoms with Gasteiger partial charge in [-0.25, -0.2) is 9.69 Å². The summed E-state index contributed by atoms with van der Waals surface area (Å²) in [7, 11) is 0. The first kappa shape index (κ1) is 13.5. The summed E-state index contributed by atoms with van der Waals surface area (Å²) in [5.41, 5.74) is 6.20. The van der Waals surface area contributed by atoms with Gasteiger partial charge < -0.3 is 5.73 Å². The fourth-order valence-corrected chi connectivity index (χ4v) is 3.26. The maximum absolute atomic E-state index is 12.5. The molecule has 0 aliphatic carbocycles. The Morgan fingerprint density at radius 3 is 2.62 bits per heavy atom. The maximum Gasteiger partial charge on any atom is 0.326 e. The number of nitrogens with two attached hydrogens (primary N) is 1. The second kappa shape index (κ2) is 5.14. The van der Waals surface area contributed by atoms with Gasteiger partial charge in [-0.15, -0.1) is 11.3 Å². The van der Waals surface area contributed by atoms with Gasteiger partial charge in [0.05, 0.1) is 5.69 Å². The summed E-state index contributed by atoms with van der Waals surface area (Å²) >= 11 is 1.46. The fourth-order valence-electron chi connectivity index (χ4n) is 2.54. The van der Waals surface area contributed by atoms with Crippen LogP contribution in [0.3, 0.4) is 0 Å². The lowest BCUT2D eigenvalue weighted by atomic mass is 9.94. The number of benzene rings is 1. The first-order chi connectivity index (χ1) is 10.1. The van der Waals surface area contributed by atoms with Crippen LogP contribution < -0.4 is 10.6 Å². The molecule has 0 fully saturated rings. The van der Waals surface area contributed by atoms with Gasteiger partial charge in [0, 0.05) is 11.3 Å². The zero-order valence-corrected chi connectivity index (χ0v) is 11.8. The van der Waals surface area contributed by atoms with Crippen molar-refractivity contribution in [3.63, 3.8) is 0 Å². The Bertz CT molecular complexity index is 724. The maximum atomic E-state index is 12.5. The first-order valence-corrected chi connectivity index (χ1v) is 7.25. The molecular formula is C15H12N2O3S.